The summed E-state index contributed by atoms with van der Waals surface area (Å²) in [6, 6.07) is 7.73. The van der Waals surface area contributed by atoms with Crippen LogP contribution in [0.1, 0.15) is 12.0 Å². The first-order valence-electron chi connectivity index (χ1n) is 7.55. The van der Waals surface area contributed by atoms with Gasteiger partial charge in [0, 0.05) is 18.1 Å². The zero-order chi connectivity index (χ0) is 17.2. The molecule has 128 valence electrons. The van der Waals surface area contributed by atoms with E-state index in [9.17, 15) is 13.2 Å². The summed E-state index contributed by atoms with van der Waals surface area (Å²) in [6.07, 6.45) is -0.535. The summed E-state index contributed by atoms with van der Waals surface area (Å²) in [7, 11) is 0. The highest BCUT2D eigenvalue weighted by Gasteiger charge is 2.35. The third kappa shape index (κ3) is 3.87. The molecular weight excluding hydrogens is 321 g/mol. The molecule has 0 radical (unpaired) electrons. The largest absolute Gasteiger partial charge is 0.463 e. The van der Waals surface area contributed by atoms with Crippen LogP contribution in [-0.4, -0.2) is 37.6 Å². The number of aryl methyl sites for hydroxylation is 1. The van der Waals surface area contributed by atoms with Gasteiger partial charge in [0.25, 0.3) is 6.02 Å². The molecule has 0 spiro atoms. The highest BCUT2D eigenvalue weighted by Crippen LogP contribution is 2.29. The van der Waals surface area contributed by atoms with Crippen molar-refractivity contribution in [3.05, 3.63) is 41.7 Å². The molecule has 0 aliphatic carbocycles. The van der Waals surface area contributed by atoms with Crippen LogP contribution in [0.3, 0.4) is 0 Å². The highest BCUT2D eigenvalue weighted by molar-refractivity contribution is 5.73. The van der Waals surface area contributed by atoms with Crippen LogP contribution in [0, 0.1) is 0 Å². The summed E-state index contributed by atoms with van der Waals surface area (Å²) in [5.74, 6) is 0. The second-order valence-corrected chi connectivity index (χ2v) is 5.61. The molecule has 8 heteroatoms. The molecule has 0 aromatic heterocycles. The quantitative estimate of drug-likeness (QED) is 0.918. The lowest BCUT2D eigenvalue weighted by Gasteiger charge is -2.23. The fourth-order valence-corrected chi connectivity index (χ4v) is 2.56. The smallest absolute Gasteiger partial charge is 0.434 e. The van der Waals surface area contributed by atoms with Crippen molar-refractivity contribution in [1.82, 2.24) is 0 Å². The number of hydrogen-bond acceptors (Lipinski definition) is 5. The van der Waals surface area contributed by atoms with E-state index in [4.69, 9.17) is 10.5 Å². The van der Waals surface area contributed by atoms with Gasteiger partial charge in [-0.3, -0.25) is 4.99 Å². The molecule has 0 fully saturated rings. The van der Waals surface area contributed by atoms with Crippen molar-refractivity contribution in [3.63, 3.8) is 0 Å². The first-order chi connectivity index (χ1) is 11.4. The number of anilines is 1. The molecule has 0 amide bonds. The van der Waals surface area contributed by atoms with E-state index in [2.05, 4.69) is 9.98 Å². The molecule has 3 rings (SSSR count). The third-order valence-electron chi connectivity index (χ3n) is 3.84. The molecule has 0 unspecified atom stereocenters. The van der Waals surface area contributed by atoms with Gasteiger partial charge in [0.05, 0.1) is 12.6 Å². The van der Waals surface area contributed by atoms with E-state index in [0.29, 0.717) is 18.8 Å². The van der Waals surface area contributed by atoms with Crippen LogP contribution in [0.2, 0.25) is 0 Å². The van der Waals surface area contributed by atoms with Crippen molar-refractivity contribution in [2.24, 2.45) is 15.7 Å². The molecule has 0 saturated heterocycles. The van der Waals surface area contributed by atoms with Crippen LogP contribution in [0.5, 0.6) is 0 Å². The fraction of sp³-hybridized carbons (Fsp3) is 0.375. The van der Waals surface area contributed by atoms with Crippen molar-refractivity contribution < 1.29 is 17.9 Å². The Balaban J connectivity index is 1.62. The van der Waals surface area contributed by atoms with E-state index >= 15 is 0 Å². The van der Waals surface area contributed by atoms with Crippen LogP contribution < -0.4 is 10.6 Å². The zero-order valence-electron chi connectivity index (χ0n) is 12.8. The SMILES string of the molecule is NC1=N[C@@H](CCc2ccc(N3C=C(C(F)(F)F)N=CC3)cc2)CO1. The number of halogens is 3. The molecule has 24 heavy (non-hydrogen) atoms. The number of alkyl halides is 3. The third-order valence-corrected chi connectivity index (χ3v) is 3.84. The number of ether oxygens (including phenoxy) is 1. The molecule has 1 atom stereocenters. The second-order valence-electron chi connectivity index (χ2n) is 5.61. The van der Waals surface area contributed by atoms with Crippen LogP contribution in [-0.2, 0) is 11.2 Å². The summed E-state index contributed by atoms with van der Waals surface area (Å²) < 4.78 is 43.3. The number of rotatable bonds is 4. The molecule has 0 saturated carbocycles. The molecular formula is C16H17F3N4O. The van der Waals surface area contributed by atoms with Gasteiger partial charge in [0.2, 0.25) is 0 Å². The minimum atomic E-state index is -4.44. The van der Waals surface area contributed by atoms with Crippen molar-refractivity contribution in [2.75, 3.05) is 18.1 Å². The normalized spacial score (nSPS) is 20.6. The van der Waals surface area contributed by atoms with Gasteiger partial charge in [-0.1, -0.05) is 12.1 Å². The number of aliphatic imine (C=N–C) groups is 2. The zero-order valence-corrected chi connectivity index (χ0v) is 12.8. The van der Waals surface area contributed by atoms with Crippen molar-refractivity contribution in [1.29, 1.82) is 0 Å². The van der Waals surface area contributed by atoms with Gasteiger partial charge in [-0.25, -0.2) is 4.99 Å². The number of nitrogens with zero attached hydrogens (tertiary/aromatic N) is 3. The summed E-state index contributed by atoms with van der Waals surface area (Å²) >= 11 is 0. The van der Waals surface area contributed by atoms with Gasteiger partial charge in [-0.15, -0.1) is 0 Å². The Hall–Kier alpha value is -2.51. The van der Waals surface area contributed by atoms with Crippen LogP contribution >= 0.6 is 0 Å². The number of nitrogens with two attached hydrogens (primary N) is 1. The average molecular weight is 338 g/mol. The summed E-state index contributed by atoms with van der Waals surface area (Å²) in [5, 5.41) is 0. The maximum atomic E-state index is 12.7. The highest BCUT2D eigenvalue weighted by atomic mass is 19.4. The van der Waals surface area contributed by atoms with Crippen LogP contribution in [0.25, 0.3) is 0 Å². The minimum absolute atomic E-state index is 0.0697. The minimum Gasteiger partial charge on any atom is -0.463 e. The van der Waals surface area contributed by atoms with E-state index in [-0.39, 0.29) is 12.1 Å². The van der Waals surface area contributed by atoms with Gasteiger partial charge in [0.15, 0.2) is 5.70 Å². The van der Waals surface area contributed by atoms with Crippen molar-refractivity contribution >= 4 is 17.9 Å². The number of benzene rings is 1. The van der Waals surface area contributed by atoms with Gasteiger partial charge in [-0.05, 0) is 30.5 Å². The monoisotopic (exact) mass is 338 g/mol. The van der Waals surface area contributed by atoms with E-state index in [1.165, 1.54) is 11.1 Å². The Labute approximate surface area is 137 Å². The Kier molecular flexibility index (Phi) is 4.46. The number of hydrogen-bond donors (Lipinski definition) is 1. The van der Waals surface area contributed by atoms with E-state index < -0.39 is 11.9 Å². The van der Waals surface area contributed by atoms with E-state index in [1.54, 1.807) is 0 Å². The maximum Gasteiger partial charge on any atom is 0.434 e. The molecule has 2 N–H and O–H groups in total. The van der Waals surface area contributed by atoms with Crippen molar-refractivity contribution in [3.8, 4) is 0 Å². The van der Waals surface area contributed by atoms with E-state index in [0.717, 1.165) is 24.6 Å². The maximum absolute atomic E-state index is 12.7. The average Bonchev–Trinajstić information content (AvgIpc) is 2.98. The Morgan fingerprint density at radius 1 is 1.25 bits per heavy atom. The molecule has 0 bridgehead atoms. The molecule has 2 heterocycles. The predicted octanol–water partition coefficient (Wildman–Crippen LogP) is 2.63. The molecule has 5 nitrogen and oxygen atoms in total. The van der Waals surface area contributed by atoms with Crippen molar-refractivity contribution in [2.45, 2.75) is 25.1 Å². The Morgan fingerprint density at radius 2 is 2.00 bits per heavy atom. The molecule has 1 aromatic rings. The lowest BCUT2D eigenvalue weighted by molar-refractivity contribution is -0.0926. The van der Waals surface area contributed by atoms with Gasteiger partial charge in [0.1, 0.15) is 6.61 Å². The second kappa shape index (κ2) is 6.54. The van der Waals surface area contributed by atoms with E-state index in [1.807, 2.05) is 24.3 Å². The lowest BCUT2D eigenvalue weighted by Crippen LogP contribution is -2.26. The lowest BCUT2D eigenvalue weighted by atomic mass is 10.1. The number of allylic oxidation sites excluding steroid dienone is 1. The topological polar surface area (TPSA) is 63.2 Å². The number of amidine groups is 1. The summed E-state index contributed by atoms with van der Waals surface area (Å²) in [6.45, 7) is 0.814. The molecule has 2 aliphatic rings. The summed E-state index contributed by atoms with van der Waals surface area (Å²) in [5.41, 5.74) is 6.35. The fourth-order valence-electron chi connectivity index (χ4n) is 2.56. The summed E-state index contributed by atoms with van der Waals surface area (Å²) in [4.78, 5) is 9.09. The van der Waals surface area contributed by atoms with Gasteiger partial charge in [-0.2, -0.15) is 13.2 Å². The standard InChI is InChI=1S/C16H17F3N4O/c17-16(18,19)14-9-23(8-7-21-14)13-5-2-11(3-6-13)1-4-12-10-24-15(20)22-12/h2-3,5-7,9,12H,1,4,8,10H2,(H2,20,22)/t12-/m0/s1. The Morgan fingerprint density at radius 3 is 2.62 bits per heavy atom. The molecule has 2 aliphatic heterocycles. The van der Waals surface area contributed by atoms with Crippen LogP contribution in [0.15, 0.2) is 46.1 Å². The first-order valence-corrected chi connectivity index (χ1v) is 7.55. The van der Waals surface area contributed by atoms with Gasteiger partial charge >= 0.3 is 6.18 Å². The first kappa shape index (κ1) is 16.4. The Bertz CT molecular complexity index is 680. The predicted molar refractivity (Wildman–Crippen MR) is 86.1 cm³/mol. The molecule has 1 aromatic carbocycles. The van der Waals surface area contributed by atoms with Gasteiger partial charge < -0.3 is 15.4 Å². The van der Waals surface area contributed by atoms with Crippen LogP contribution in [0.4, 0.5) is 18.9 Å².